The number of nitrogens with one attached hydrogen (secondary N) is 3. The lowest BCUT2D eigenvalue weighted by molar-refractivity contribution is -0.117. The molecule has 1 aliphatic carbocycles. The lowest BCUT2D eigenvalue weighted by atomic mass is 10.1. The summed E-state index contributed by atoms with van der Waals surface area (Å²) in [6, 6.07) is 15.5. The van der Waals surface area contributed by atoms with Crippen molar-refractivity contribution in [3.8, 4) is 0 Å². The van der Waals surface area contributed by atoms with E-state index in [-0.39, 0.29) is 17.9 Å². The van der Waals surface area contributed by atoms with E-state index in [2.05, 4.69) is 44.6 Å². The Hall–Kier alpha value is -4.27. The van der Waals surface area contributed by atoms with E-state index in [4.69, 9.17) is 5.73 Å². The van der Waals surface area contributed by atoms with Gasteiger partial charge >= 0.3 is 6.03 Å². The molecule has 4 rings (SSSR count). The van der Waals surface area contributed by atoms with Crippen molar-refractivity contribution in [2.75, 3.05) is 48.3 Å². The van der Waals surface area contributed by atoms with Crippen LogP contribution in [-0.4, -0.2) is 55.8 Å². The molecule has 0 atom stereocenters. The number of piperazine rings is 1. The van der Waals surface area contributed by atoms with E-state index in [1.54, 1.807) is 12.3 Å². The average molecular weight is 502 g/mol. The fourth-order valence-corrected chi connectivity index (χ4v) is 4.02. The molecule has 0 unspecified atom stereocenters. The van der Waals surface area contributed by atoms with E-state index in [1.807, 2.05) is 48.2 Å². The summed E-state index contributed by atoms with van der Waals surface area (Å²) in [6.45, 7) is 9.53. The van der Waals surface area contributed by atoms with Gasteiger partial charge in [-0.3, -0.25) is 4.79 Å². The van der Waals surface area contributed by atoms with E-state index in [0.29, 0.717) is 31.2 Å². The molecule has 2 aliphatic rings. The summed E-state index contributed by atoms with van der Waals surface area (Å²) < 4.78 is 0. The molecule has 1 saturated carbocycles. The third-order valence-corrected chi connectivity index (χ3v) is 6.33. The lowest BCUT2D eigenvalue weighted by Crippen LogP contribution is -2.51. The van der Waals surface area contributed by atoms with Crippen molar-refractivity contribution >= 4 is 40.9 Å². The lowest BCUT2D eigenvalue weighted by Gasteiger charge is -2.36. The molecular weight excluding hydrogens is 466 g/mol. The van der Waals surface area contributed by atoms with Crippen molar-refractivity contribution in [1.82, 2.24) is 10.2 Å². The average Bonchev–Trinajstić information content (AvgIpc) is 3.76. The van der Waals surface area contributed by atoms with Crippen LogP contribution in [0.5, 0.6) is 0 Å². The second kappa shape index (κ2) is 12.1. The number of anilines is 3. The first-order valence-electron chi connectivity index (χ1n) is 12.7. The first-order valence-corrected chi connectivity index (χ1v) is 12.7. The molecule has 194 valence electrons. The zero-order valence-electron chi connectivity index (χ0n) is 21.2. The highest BCUT2D eigenvalue weighted by Gasteiger charge is 2.29. The monoisotopic (exact) mass is 501 g/mol. The minimum absolute atomic E-state index is 0.00408. The quantitative estimate of drug-likeness (QED) is 0.390. The van der Waals surface area contributed by atoms with Crippen LogP contribution in [0.15, 0.2) is 72.0 Å². The smallest absolute Gasteiger partial charge is 0.317 e. The van der Waals surface area contributed by atoms with Gasteiger partial charge in [0.1, 0.15) is 5.82 Å². The number of carbonyl (C=O) groups is 2. The highest BCUT2D eigenvalue weighted by atomic mass is 16.2. The molecular formula is C28H35N7O2. The Labute approximate surface area is 218 Å². The molecule has 1 saturated heterocycles. The van der Waals surface area contributed by atoms with Gasteiger partial charge in [-0.2, -0.15) is 0 Å². The van der Waals surface area contributed by atoms with Gasteiger partial charge in [-0.1, -0.05) is 18.7 Å². The minimum Gasteiger partial charge on any atom is -0.398 e. The van der Waals surface area contributed by atoms with Crippen LogP contribution in [0, 0.1) is 5.92 Å². The van der Waals surface area contributed by atoms with Crippen LogP contribution in [-0.2, 0) is 4.79 Å². The number of urea groups is 1. The SMILES string of the molecule is C=C(N=C/C=C(\N)c1ccc(NC(=O)C2CC2)cc1)Nc1ccc(N2CCN(C(=O)NCC)CC2)cc1. The highest BCUT2D eigenvalue weighted by molar-refractivity contribution is 5.94. The topological polar surface area (TPSA) is 115 Å². The van der Waals surface area contributed by atoms with Crippen molar-refractivity contribution < 1.29 is 9.59 Å². The van der Waals surface area contributed by atoms with Crippen molar-refractivity contribution in [2.45, 2.75) is 19.8 Å². The Morgan fingerprint density at radius 3 is 2.24 bits per heavy atom. The Morgan fingerprint density at radius 2 is 1.62 bits per heavy atom. The van der Waals surface area contributed by atoms with E-state index in [1.165, 1.54) is 0 Å². The molecule has 1 heterocycles. The number of aliphatic imine (C=N–C) groups is 1. The van der Waals surface area contributed by atoms with Gasteiger partial charge in [0.2, 0.25) is 5.91 Å². The predicted molar refractivity (Wildman–Crippen MR) is 151 cm³/mol. The number of nitrogens with two attached hydrogens (primary N) is 1. The summed E-state index contributed by atoms with van der Waals surface area (Å²) in [5, 5.41) is 8.95. The van der Waals surface area contributed by atoms with Crippen molar-refractivity contribution in [3.05, 3.63) is 72.6 Å². The number of hydrogen-bond donors (Lipinski definition) is 4. The Kier molecular flexibility index (Phi) is 8.45. The molecule has 0 spiro atoms. The number of amides is 3. The molecule has 5 N–H and O–H groups in total. The first-order chi connectivity index (χ1) is 17.9. The van der Waals surface area contributed by atoms with Crippen LogP contribution in [0.3, 0.4) is 0 Å². The second-order valence-electron chi connectivity index (χ2n) is 9.17. The third-order valence-electron chi connectivity index (χ3n) is 6.33. The Bertz CT molecular complexity index is 1160. The summed E-state index contributed by atoms with van der Waals surface area (Å²) in [5.74, 6) is 0.744. The van der Waals surface area contributed by atoms with Crippen LogP contribution in [0.25, 0.3) is 5.70 Å². The molecule has 3 amide bonds. The molecule has 2 aromatic rings. The molecule has 9 nitrogen and oxygen atoms in total. The molecule has 37 heavy (non-hydrogen) atoms. The van der Waals surface area contributed by atoms with Crippen molar-refractivity contribution in [3.63, 3.8) is 0 Å². The summed E-state index contributed by atoms with van der Waals surface area (Å²) in [5.41, 5.74) is 10.3. The van der Waals surface area contributed by atoms with Gasteiger partial charge in [0.25, 0.3) is 0 Å². The van der Waals surface area contributed by atoms with Crippen molar-refractivity contribution in [1.29, 1.82) is 0 Å². The van der Waals surface area contributed by atoms with E-state index >= 15 is 0 Å². The maximum absolute atomic E-state index is 12.0. The number of rotatable bonds is 9. The molecule has 2 fully saturated rings. The molecule has 9 heteroatoms. The van der Waals surface area contributed by atoms with Crippen LogP contribution in [0.1, 0.15) is 25.3 Å². The number of benzene rings is 2. The number of allylic oxidation sites excluding steroid dienone is 1. The zero-order chi connectivity index (χ0) is 26.2. The van der Waals surface area contributed by atoms with Crippen LogP contribution >= 0.6 is 0 Å². The molecule has 1 aliphatic heterocycles. The Balaban J connectivity index is 1.23. The summed E-state index contributed by atoms with van der Waals surface area (Å²) in [7, 11) is 0. The normalized spacial score (nSPS) is 16.0. The van der Waals surface area contributed by atoms with E-state index in [9.17, 15) is 9.59 Å². The fourth-order valence-electron chi connectivity index (χ4n) is 4.02. The van der Waals surface area contributed by atoms with Gasteiger partial charge in [0.05, 0.1) is 0 Å². The van der Waals surface area contributed by atoms with Gasteiger partial charge in [-0.15, -0.1) is 0 Å². The molecule has 2 aromatic carbocycles. The number of carbonyl (C=O) groups excluding carboxylic acids is 2. The molecule has 0 radical (unpaired) electrons. The largest absolute Gasteiger partial charge is 0.398 e. The second-order valence-corrected chi connectivity index (χ2v) is 9.17. The third kappa shape index (κ3) is 7.36. The van der Waals surface area contributed by atoms with Gasteiger partial charge in [0.15, 0.2) is 0 Å². The molecule has 0 aromatic heterocycles. The standard InChI is InChI=1S/C28H35N7O2/c1-3-30-28(37)35-18-16-34(17-19-35)25-12-10-23(11-13-25)32-20(2)31-15-14-26(29)21-6-8-24(9-7-21)33-27(36)22-4-5-22/h6-15,22,32H,2-5,16-19,29H2,1H3,(H,30,37)(H,33,36)/b26-14-,31-15?. The van der Waals surface area contributed by atoms with Crippen molar-refractivity contribution in [2.24, 2.45) is 16.6 Å². The summed E-state index contributed by atoms with van der Waals surface area (Å²) in [4.78, 5) is 32.3. The maximum atomic E-state index is 12.0. The van der Waals surface area contributed by atoms with E-state index < -0.39 is 0 Å². The first kappa shape index (κ1) is 25.8. The zero-order valence-corrected chi connectivity index (χ0v) is 21.2. The minimum atomic E-state index is 0.00408. The summed E-state index contributed by atoms with van der Waals surface area (Å²) >= 11 is 0. The van der Waals surface area contributed by atoms with Crippen LogP contribution in [0.4, 0.5) is 21.9 Å². The van der Waals surface area contributed by atoms with Gasteiger partial charge < -0.3 is 31.5 Å². The van der Waals surface area contributed by atoms with Gasteiger partial charge in [-0.25, -0.2) is 9.79 Å². The van der Waals surface area contributed by atoms with Gasteiger partial charge in [0, 0.05) is 67.6 Å². The van der Waals surface area contributed by atoms with E-state index in [0.717, 1.165) is 48.6 Å². The highest BCUT2D eigenvalue weighted by Crippen LogP contribution is 2.30. The number of nitrogens with zero attached hydrogens (tertiary/aromatic N) is 3. The maximum Gasteiger partial charge on any atom is 0.317 e. The van der Waals surface area contributed by atoms with Crippen LogP contribution in [0.2, 0.25) is 0 Å². The molecule has 0 bridgehead atoms. The summed E-state index contributed by atoms with van der Waals surface area (Å²) in [6.07, 6.45) is 5.27. The van der Waals surface area contributed by atoms with Crippen LogP contribution < -0.4 is 26.6 Å². The Morgan fingerprint density at radius 1 is 1.00 bits per heavy atom. The number of hydrogen-bond acceptors (Lipinski definition) is 6. The van der Waals surface area contributed by atoms with Gasteiger partial charge in [-0.05, 0) is 67.8 Å². The predicted octanol–water partition coefficient (Wildman–Crippen LogP) is 3.84. The fraction of sp³-hybridized carbons (Fsp3) is 0.321.